The number of piperidine rings is 1. The minimum atomic E-state index is -2.47. The quantitative estimate of drug-likeness (QED) is 0.0163. The third-order valence-corrected chi connectivity index (χ3v) is 19.7. The minimum absolute atomic E-state index is 0.00329. The molecule has 0 bridgehead atoms. The van der Waals surface area contributed by atoms with Gasteiger partial charge in [-0.1, -0.05) is 90.0 Å². The number of cyclic esters (lactones) is 1. The molecule has 3 heterocycles. The number of nitrogens with one attached hydrogen (secondary N) is 9. The zero-order chi connectivity index (χ0) is 83.3. The second kappa shape index (κ2) is 42.6. The molecule has 1 aromatic rings. The first kappa shape index (κ1) is 93.6. The van der Waals surface area contributed by atoms with Crippen molar-refractivity contribution in [1.82, 2.24) is 57.7 Å². The fourth-order valence-electron chi connectivity index (χ4n) is 12.1. The number of methoxy groups -OCH3 is 2. The average molecular weight is 1580 g/mol. The van der Waals surface area contributed by atoms with Gasteiger partial charge in [-0.05, 0) is 96.8 Å². The summed E-state index contributed by atoms with van der Waals surface area (Å²) in [6.45, 7) is 15.6. The monoisotopic (exact) mass is 1580 g/mol. The van der Waals surface area contributed by atoms with Gasteiger partial charge in [-0.2, -0.15) is 0 Å². The van der Waals surface area contributed by atoms with Crippen molar-refractivity contribution in [3.63, 3.8) is 0 Å². The maximum Gasteiger partial charge on any atom is 0.329 e. The van der Waals surface area contributed by atoms with Crippen molar-refractivity contribution in [2.75, 3.05) is 47.5 Å². The molecule has 4 rings (SSSR count). The third kappa shape index (κ3) is 25.4. The molecule has 12 amide bonds. The van der Waals surface area contributed by atoms with Crippen molar-refractivity contribution in [3.8, 4) is 5.75 Å². The maximum absolute atomic E-state index is 15.7. The summed E-state index contributed by atoms with van der Waals surface area (Å²) < 4.78 is 28.9. The molecule has 0 aromatic heterocycles. The van der Waals surface area contributed by atoms with Crippen LogP contribution in [0.4, 0.5) is 0 Å². The number of alkyl halides is 1. The predicted octanol–water partition coefficient (Wildman–Crippen LogP) is -4.41. The first-order valence-electron chi connectivity index (χ1n) is 36.0. The Morgan fingerprint density at radius 1 is 0.845 bits per heavy atom. The Labute approximate surface area is 643 Å². The van der Waals surface area contributed by atoms with Gasteiger partial charge in [-0.3, -0.25) is 57.5 Å². The maximum atomic E-state index is 15.7. The molecule has 18 N–H and O–H groups in total. The lowest BCUT2D eigenvalue weighted by Crippen LogP contribution is -2.65. The lowest BCUT2D eigenvalue weighted by Gasteiger charge is -2.41. The van der Waals surface area contributed by atoms with Crippen LogP contribution in [0.2, 0.25) is 0 Å². The number of hydrogen-bond donors (Lipinski definition) is 17. The first-order valence-corrected chi connectivity index (χ1v) is 36.5. The number of hydrogen-bond acceptors (Lipinski definition) is 25. The van der Waals surface area contributed by atoms with E-state index in [9.17, 15) is 78.9 Å². The molecule has 0 aliphatic carbocycles. The fraction of sp³-hybridized carbons (Fsp3) is 0.653. The number of nitrogens with zero attached hydrogens (tertiary/aromatic N) is 2. The van der Waals surface area contributed by atoms with E-state index in [0.29, 0.717) is 0 Å². The predicted molar refractivity (Wildman–Crippen MR) is 392 cm³/mol. The molecule has 23 atom stereocenters. The summed E-state index contributed by atoms with van der Waals surface area (Å²) in [5.74, 6) is -18.6. The standard InChI is InChI=1S/C72H111ClN12O25/c1-17-33(5)27-34(6)19-24-47(88)72(13,105)71(104)76-30-49(90)80-51(38(10)86)64(98)78-44(18-2)62(96)81-50(35(7)36(8)60(74)94)63(97)82-52-58(32(3)4)110-69(103)46-28-42(73)25-26-85(46)68(102)53(59(107-16)41-20-22-43(23-21-41)109-70-57(93)56(92)55(91)40(12)108-70)83-66(100)54(39(11)87)84(14)67(101)37(9)77-48(89)29-75-61(95)45(31-106-15)79-65(52)99/h18-24,27,32-33,35-40,42,45-47,50-59,70,86-88,91-93,105H,17,25-26,28-31H2,1-16H3,(H2,74,94)(H,75,95)(H,76,104)(H,77,89)(H,78,98)(H,79,99)(H,80,90)(H,81,96)(H,82,97)(H,83,100)/b24-19-,34-27+,44-18-/t33-,35-,36+,37-,38+,39+,40-,42-,45+,46-,47+,50-,51-,52+,53+,54-,55-,56+,57+,58+,59+,70-,72-/m0/s1. The van der Waals surface area contributed by atoms with Crippen molar-refractivity contribution in [2.24, 2.45) is 29.4 Å². The van der Waals surface area contributed by atoms with Gasteiger partial charge in [0.25, 0.3) is 11.8 Å². The zero-order valence-corrected chi connectivity index (χ0v) is 65.4. The Morgan fingerprint density at radius 3 is 2.05 bits per heavy atom. The molecule has 3 fully saturated rings. The molecule has 37 nitrogen and oxygen atoms in total. The zero-order valence-electron chi connectivity index (χ0n) is 64.7. The number of rotatable bonds is 28. The van der Waals surface area contributed by atoms with E-state index in [2.05, 4.69) is 47.9 Å². The Bertz CT molecular complexity index is 3510. The Hall–Kier alpha value is -8.76. The van der Waals surface area contributed by atoms with E-state index < -0.39 is 241 Å². The summed E-state index contributed by atoms with van der Waals surface area (Å²) in [5.41, 5.74) is 3.51. The number of primary amides is 1. The van der Waals surface area contributed by atoms with Crippen LogP contribution in [0.1, 0.15) is 121 Å². The number of esters is 1. The van der Waals surface area contributed by atoms with Crippen molar-refractivity contribution in [3.05, 3.63) is 65.4 Å². The fourth-order valence-corrected chi connectivity index (χ4v) is 12.4. The number of benzene rings is 1. The molecule has 1 aromatic carbocycles. The van der Waals surface area contributed by atoms with Gasteiger partial charge in [0.05, 0.1) is 38.0 Å². The number of aliphatic hydroxyl groups is 7. The highest BCUT2D eigenvalue weighted by atomic mass is 35.5. The van der Waals surface area contributed by atoms with Crippen molar-refractivity contribution in [1.29, 1.82) is 0 Å². The van der Waals surface area contributed by atoms with Crippen molar-refractivity contribution in [2.45, 2.75) is 230 Å². The molecular formula is C72H111ClN12O25. The van der Waals surface area contributed by atoms with Crippen LogP contribution < -0.4 is 58.3 Å². The second-order valence-electron chi connectivity index (χ2n) is 28.4. The lowest BCUT2D eigenvalue weighted by molar-refractivity contribution is -0.268. The molecule has 0 unspecified atom stereocenters. The van der Waals surface area contributed by atoms with Crippen LogP contribution in [0.3, 0.4) is 0 Å². The van der Waals surface area contributed by atoms with E-state index in [1.165, 1.54) is 92.0 Å². The lowest BCUT2D eigenvalue weighted by atomic mass is 9.87. The number of fused-ring (bicyclic) bond motifs is 1. The average Bonchev–Trinajstić information content (AvgIpc) is 0.786. The number of aliphatic hydroxyl groups excluding tert-OH is 6. The van der Waals surface area contributed by atoms with Gasteiger partial charge in [0, 0.05) is 39.1 Å². The summed E-state index contributed by atoms with van der Waals surface area (Å²) >= 11 is 6.81. The van der Waals surface area contributed by atoms with Gasteiger partial charge >= 0.3 is 5.97 Å². The summed E-state index contributed by atoms with van der Waals surface area (Å²) in [6.07, 6.45) is -9.81. The number of halogens is 1. The van der Waals surface area contributed by atoms with Crippen LogP contribution in [0.5, 0.6) is 5.75 Å². The largest absolute Gasteiger partial charge is 0.462 e. The molecule has 0 spiro atoms. The molecule has 0 saturated carbocycles. The highest BCUT2D eigenvalue weighted by Crippen LogP contribution is 2.32. The number of amides is 12. The van der Waals surface area contributed by atoms with E-state index in [4.69, 9.17) is 41.0 Å². The van der Waals surface area contributed by atoms with Gasteiger partial charge in [0.2, 0.25) is 65.4 Å². The number of nitrogens with two attached hydrogens (primary N) is 1. The molecule has 3 aliphatic heterocycles. The summed E-state index contributed by atoms with van der Waals surface area (Å²) in [6, 6.07) is -9.33. The number of carbonyl (C=O) groups excluding carboxylic acids is 13. The van der Waals surface area contributed by atoms with E-state index in [1.54, 1.807) is 6.92 Å². The van der Waals surface area contributed by atoms with Gasteiger partial charge in [-0.15, -0.1) is 11.6 Å². The van der Waals surface area contributed by atoms with Crippen LogP contribution in [-0.4, -0.2) is 284 Å². The first-order chi connectivity index (χ1) is 51.4. The van der Waals surface area contributed by atoms with E-state index >= 15 is 19.2 Å². The third-order valence-electron chi connectivity index (χ3n) is 19.3. The number of likely N-dealkylation sites (N-methyl/N-ethyl adjacent to an activating group) is 1. The highest BCUT2D eigenvalue weighted by molar-refractivity contribution is 6.21. The van der Waals surface area contributed by atoms with Gasteiger partial charge in [0.1, 0.15) is 96.4 Å². The van der Waals surface area contributed by atoms with Gasteiger partial charge in [-0.25, -0.2) is 4.79 Å². The molecule has 110 heavy (non-hydrogen) atoms. The highest BCUT2D eigenvalue weighted by Gasteiger charge is 2.49. The van der Waals surface area contributed by atoms with Crippen LogP contribution in [0.15, 0.2) is 59.8 Å². The molecule has 0 radical (unpaired) electrons. The molecular weight excluding hydrogens is 1470 g/mol. The van der Waals surface area contributed by atoms with Gasteiger partial charge in [0.15, 0.2) is 5.60 Å². The molecule has 3 aliphatic rings. The Kier molecular flexibility index (Phi) is 36.3. The molecule has 3 saturated heterocycles. The van der Waals surface area contributed by atoms with Crippen LogP contribution >= 0.6 is 11.6 Å². The number of ether oxygens (including phenoxy) is 5. The van der Waals surface area contributed by atoms with Crippen LogP contribution in [0.25, 0.3) is 0 Å². The minimum Gasteiger partial charge on any atom is -0.462 e. The van der Waals surface area contributed by atoms with Crippen molar-refractivity contribution >= 4 is 88.5 Å². The molecule has 38 heteroatoms. The van der Waals surface area contributed by atoms with Crippen LogP contribution in [-0.2, 0) is 81.3 Å². The van der Waals surface area contributed by atoms with E-state index in [1.807, 2.05) is 19.9 Å². The number of allylic oxidation sites excluding steroid dienone is 4. The van der Waals surface area contributed by atoms with Crippen LogP contribution in [0, 0.1) is 23.7 Å². The Balaban J connectivity index is 1.83. The Morgan fingerprint density at radius 2 is 1.48 bits per heavy atom. The van der Waals surface area contributed by atoms with E-state index in [-0.39, 0.29) is 36.6 Å². The smallest absolute Gasteiger partial charge is 0.329 e. The van der Waals surface area contributed by atoms with Gasteiger partial charge < -0.3 is 123 Å². The van der Waals surface area contributed by atoms with E-state index in [0.717, 1.165) is 62.8 Å². The normalized spacial score (nSPS) is 27.8. The SMILES string of the molecule is C/C=C(\NC(=O)[C@@H](NC(=O)CNC(=O)[C@@](C)(O)[C@H](O)/C=C\C(C)=C\[C@@H](C)CC)[C@@H](C)O)C(=O)N[C@H](C(=O)N[C@H]1C(=O)N[C@H](COC)C(=O)NCC(=O)N[C@@H](C)C(=O)N(C)[C@@H]([C@@H](C)O)C(=O)N[C@H]([C@H](OC)c2ccc(O[C@@H]3O[C@@H](C)[C@H](O)[C@@H](O)[C@H]3O)cc2)C(=O)N2CC[C@H](Cl)C[C@H]2C(=O)O[C@@H]1C(C)C)[C@@H](C)[C@@H](C)C(N)=O. The summed E-state index contributed by atoms with van der Waals surface area (Å²) in [7, 11) is 3.43. The molecule has 616 valence electrons. The summed E-state index contributed by atoms with van der Waals surface area (Å²) in [4.78, 5) is 188. The van der Waals surface area contributed by atoms with Crippen molar-refractivity contribution < 1.29 is 122 Å². The summed E-state index contributed by atoms with van der Waals surface area (Å²) in [5, 5.41) is 95.5. The topological polar surface area (TPSA) is 550 Å². The second-order valence-corrected chi connectivity index (χ2v) is 29.0. The number of carbonyl (C=O) groups is 13.